The number of amides is 1. The smallest absolute Gasteiger partial charge is 0.326 e. The van der Waals surface area contributed by atoms with Crippen LogP contribution in [0.1, 0.15) is 36.7 Å². The molecule has 0 heterocycles. The number of carbonyl (C=O) groups is 3. The minimum atomic E-state index is -4.12. The third kappa shape index (κ3) is 7.40. The Balaban J connectivity index is 1.77. The Morgan fingerprint density at radius 3 is 2.08 bits per heavy atom. The Bertz CT molecular complexity index is 1380. The molecule has 194 valence electrons. The Hall–Kier alpha value is -4.18. The standard InChI is InChI=1S/C27H28N2O7S/c1-27(2,3)26(33)36-19-13-15-20(16-14-19)37(34,35)29-22-12-8-7-11-21(22)24(30)28-23(25(31)32)17-18-9-5-4-6-10-18/h4-16,23,29H,17H2,1-3H3,(H,28,30)(H,31,32)/t23-/m0/s1. The van der Waals surface area contributed by atoms with Crippen LogP contribution in [-0.2, 0) is 26.0 Å². The molecule has 9 nitrogen and oxygen atoms in total. The zero-order chi connectivity index (χ0) is 27.2. The monoisotopic (exact) mass is 524 g/mol. The summed E-state index contributed by atoms with van der Waals surface area (Å²) in [5, 5.41) is 12.1. The quantitative estimate of drug-likeness (QED) is 0.285. The molecular weight excluding hydrogens is 496 g/mol. The van der Waals surface area contributed by atoms with Gasteiger partial charge in [0.2, 0.25) is 0 Å². The molecule has 37 heavy (non-hydrogen) atoms. The number of para-hydroxylation sites is 1. The Morgan fingerprint density at radius 2 is 1.49 bits per heavy atom. The van der Waals surface area contributed by atoms with Crippen LogP contribution in [0.15, 0.2) is 83.8 Å². The van der Waals surface area contributed by atoms with Crippen LogP contribution < -0.4 is 14.8 Å². The number of aliphatic carboxylic acids is 1. The molecular formula is C27H28N2O7S. The van der Waals surface area contributed by atoms with E-state index in [1.807, 2.05) is 0 Å². The topological polar surface area (TPSA) is 139 Å². The summed E-state index contributed by atoms with van der Waals surface area (Å²) < 4.78 is 33.6. The molecule has 3 aromatic rings. The third-order valence-corrected chi connectivity index (χ3v) is 6.64. The highest BCUT2D eigenvalue weighted by atomic mass is 32.2. The van der Waals surface area contributed by atoms with Gasteiger partial charge in [-0.25, -0.2) is 13.2 Å². The molecule has 3 aromatic carbocycles. The van der Waals surface area contributed by atoms with Crippen molar-refractivity contribution >= 4 is 33.6 Å². The van der Waals surface area contributed by atoms with Crippen molar-refractivity contribution in [2.24, 2.45) is 5.41 Å². The number of carbonyl (C=O) groups excluding carboxylic acids is 2. The predicted molar refractivity (Wildman–Crippen MR) is 138 cm³/mol. The molecule has 1 atom stereocenters. The van der Waals surface area contributed by atoms with Crippen LogP contribution in [0, 0.1) is 5.41 Å². The predicted octanol–water partition coefficient (Wildman–Crippen LogP) is 3.86. The summed E-state index contributed by atoms with van der Waals surface area (Å²) in [5.74, 6) is -2.24. The highest BCUT2D eigenvalue weighted by molar-refractivity contribution is 7.92. The van der Waals surface area contributed by atoms with Crippen molar-refractivity contribution in [1.82, 2.24) is 5.32 Å². The SMILES string of the molecule is CC(C)(C)C(=O)Oc1ccc(S(=O)(=O)Nc2ccccc2C(=O)N[C@@H](Cc2ccccc2)C(=O)O)cc1. The maximum absolute atomic E-state index is 13.0. The zero-order valence-corrected chi connectivity index (χ0v) is 21.4. The summed E-state index contributed by atoms with van der Waals surface area (Å²) in [4.78, 5) is 36.7. The number of benzene rings is 3. The summed E-state index contributed by atoms with van der Waals surface area (Å²) in [7, 11) is -4.12. The summed E-state index contributed by atoms with van der Waals surface area (Å²) in [6.07, 6.45) is 0.0575. The summed E-state index contributed by atoms with van der Waals surface area (Å²) >= 11 is 0. The van der Waals surface area contributed by atoms with Gasteiger partial charge in [0.1, 0.15) is 11.8 Å². The lowest BCUT2D eigenvalue weighted by Gasteiger charge is -2.17. The van der Waals surface area contributed by atoms with E-state index in [1.54, 1.807) is 57.2 Å². The van der Waals surface area contributed by atoms with Gasteiger partial charge in [0.15, 0.2) is 0 Å². The van der Waals surface area contributed by atoms with Crippen LogP contribution in [0.5, 0.6) is 5.75 Å². The van der Waals surface area contributed by atoms with Crippen LogP contribution in [0.2, 0.25) is 0 Å². The van der Waals surface area contributed by atoms with Crippen LogP contribution in [-0.4, -0.2) is 37.4 Å². The fourth-order valence-electron chi connectivity index (χ4n) is 3.21. The lowest BCUT2D eigenvalue weighted by molar-refractivity contribution is -0.143. The molecule has 0 aromatic heterocycles. The van der Waals surface area contributed by atoms with Crippen LogP contribution in [0.25, 0.3) is 0 Å². The largest absolute Gasteiger partial charge is 0.480 e. The Kier molecular flexibility index (Phi) is 8.34. The second-order valence-corrected chi connectivity index (χ2v) is 11.0. The molecule has 0 unspecified atom stereocenters. The van der Waals surface area contributed by atoms with Gasteiger partial charge in [0.05, 0.1) is 21.6 Å². The number of ether oxygens (including phenoxy) is 1. The van der Waals surface area contributed by atoms with Crippen molar-refractivity contribution in [2.45, 2.75) is 38.1 Å². The van der Waals surface area contributed by atoms with Gasteiger partial charge in [-0.2, -0.15) is 0 Å². The average Bonchev–Trinajstić information content (AvgIpc) is 2.84. The van der Waals surface area contributed by atoms with Crippen molar-refractivity contribution in [3.05, 3.63) is 90.0 Å². The average molecular weight is 525 g/mol. The maximum atomic E-state index is 13.0. The first-order valence-corrected chi connectivity index (χ1v) is 12.9. The van der Waals surface area contributed by atoms with Gasteiger partial charge in [-0.1, -0.05) is 42.5 Å². The first kappa shape index (κ1) is 27.4. The van der Waals surface area contributed by atoms with E-state index in [4.69, 9.17) is 4.74 Å². The van der Waals surface area contributed by atoms with Gasteiger partial charge in [-0.15, -0.1) is 0 Å². The molecule has 0 saturated carbocycles. The van der Waals surface area contributed by atoms with Crippen molar-refractivity contribution < 1.29 is 32.6 Å². The maximum Gasteiger partial charge on any atom is 0.326 e. The zero-order valence-electron chi connectivity index (χ0n) is 20.6. The minimum absolute atomic E-state index is 0.0212. The number of sulfonamides is 1. The Labute approximate surface area is 215 Å². The molecule has 0 radical (unpaired) electrons. The van der Waals surface area contributed by atoms with Gasteiger partial charge in [-0.05, 0) is 62.7 Å². The van der Waals surface area contributed by atoms with E-state index >= 15 is 0 Å². The number of carboxylic acids is 1. The van der Waals surface area contributed by atoms with Crippen molar-refractivity contribution in [3.63, 3.8) is 0 Å². The second-order valence-electron chi connectivity index (χ2n) is 9.32. The lowest BCUT2D eigenvalue weighted by Crippen LogP contribution is -2.42. The van der Waals surface area contributed by atoms with Crippen molar-refractivity contribution in [3.8, 4) is 5.75 Å². The van der Waals surface area contributed by atoms with Crippen molar-refractivity contribution in [2.75, 3.05) is 4.72 Å². The molecule has 0 aliphatic carbocycles. The molecule has 3 N–H and O–H groups in total. The van der Waals surface area contributed by atoms with E-state index in [0.717, 1.165) is 5.56 Å². The number of hydrogen-bond donors (Lipinski definition) is 3. The summed E-state index contributed by atoms with van der Waals surface area (Å²) in [5.41, 5.74) is -0.0637. The number of hydrogen-bond acceptors (Lipinski definition) is 6. The third-order valence-electron chi connectivity index (χ3n) is 5.26. The van der Waals surface area contributed by atoms with E-state index in [2.05, 4.69) is 10.0 Å². The van der Waals surface area contributed by atoms with E-state index in [-0.39, 0.29) is 28.3 Å². The Morgan fingerprint density at radius 1 is 0.892 bits per heavy atom. The number of rotatable bonds is 9. The second kappa shape index (κ2) is 11.3. The van der Waals surface area contributed by atoms with E-state index in [9.17, 15) is 27.9 Å². The lowest BCUT2D eigenvalue weighted by atomic mass is 9.97. The molecule has 0 spiro atoms. The normalized spacial score (nSPS) is 12.3. The molecule has 1 amide bonds. The van der Waals surface area contributed by atoms with Gasteiger partial charge in [0, 0.05) is 6.42 Å². The van der Waals surface area contributed by atoms with Crippen molar-refractivity contribution in [1.29, 1.82) is 0 Å². The molecule has 0 aliphatic rings. The van der Waals surface area contributed by atoms with Crippen LogP contribution in [0.3, 0.4) is 0 Å². The number of nitrogens with one attached hydrogen (secondary N) is 2. The van der Waals surface area contributed by atoms with Gasteiger partial charge in [0.25, 0.3) is 15.9 Å². The summed E-state index contributed by atoms with van der Waals surface area (Å²) in [6.45, 7) is 5.10. The van der Waals surface area contributed by atoms with Gasteiger partial charge < -0.3 is 15.2 Å². The summed E-state index contributed by atoms with van der Waals surface area (Å²) in [6, 6.07) is 18.8. The van der Waals surface area contributed by atoms with Gasteiger partial charge in [-0.3, -0.25) is 14.3 Å². The first-order chi connectivity index (χ1) is 17.4. The molecule has 0 saturated heterocycles. The van der Waals surface area contributed by atoms with Crippen LogP contribution >= 0.6 is 0 Å². The molecule has 0 aliphatic heterocycles. The highest BCUT2D eigenvalue weighted by Gasteiger charge is 2.25. The fraction of sp³-hybridized carbons (Fsp3) is 0.222. The number of anilines is 1. The number of carboxylic acid groups (broad SMARTS) is 1. The fourth-order valence-corrected chi connectivity index (χ4v) is 4.29. The van der Waals surface area contributed by atoms with Crippen LogP contribution in [0.4, 0.5) is 5.69 Å². The minimum Gasteiger partial charge on any atom is -0.480 e. The number of esters is 1. The van der Waals surface area contributed by atoms with Gasteiger partial charge >= 0.3 is 11.9 Å². The van der Waals surface area contributed by atoms with E-state index in [0.29, 0.717) is 0 Å². The molecule has 3 rings (SSSR count). The molecule has 10 heteroatoms. The molecule has 0 bridgehead atoms. The molecule has 0 fully saturated rings. The highest BCUT2D eigenvalue weighted by Crippen LogP contribution is 2.24. The van der Waals surface area contributed by atoms with E-state index in [1.165, 1.54) is 42.5 Å². The van der Waals surface area contributed by atoms with E-state index < -0.39 is 39.3 Å². The first-order valence-electron chi connectivity index (χ1n) is 11.4.